The van der Waals surface area contributed by atoms with Gasteiger partial charge in [-0.1, -0.05) is 32.3 Å². The van der Waals surface area contributed by atoms with E-state index in [1.165, 1.54) is 43.9 Å². The van der Waals surface area contributed by atoms with Crippen molar-refractivity contribution >= 4 is 46.7 Å². The summed E-state index contributed by atoms with van der Waals surface area (Å²) in [5, 5.41) is 6.59. The van der Waals surface area contributed by atoms with E-state index in [0.29, 0.717) is 19.4 Å². The van der Waals surface area contributed by atoms with Crippen molar-refractivity contribution < 1.29 is 40.9 Å². The number of halogens is 1. The van der Waals surface area contributed by atoms with Gasteiger partial charge in [-0.15, -0.1) is 6.54 Å². The Balaban J connectivity index is 0. The molecule has 4 amide bonds. The normalized spacial score (nSPS) is 20.0. The van der Waals surface area contributed by atoms with Crippen LogP contribution in [0.1, 0.15) is 110 Å². The summed E-state index contributed by atoms with van der Waals surface area (Å²) in [7, 11) is 0. The third-order valence-corrected chi connectivity index (χ3v) is 6.10. The average Bonchev–Trinajstić information content (AvgIpc) is 3.39. The smallest absolute Gasteiger partial charge is 1.00 e. The number of nitrogens with zero attached hydrogens (tertiary/aromatic N) is 2. The predicted molar refractivity (Wildman–Crippen MR) is 143 cm³/mol. The monoisotopic (exact) mass is 595 g/mol. The molecule has 8 nitrogen and oxygen atoms in total. The summed E-state index contributed by atoms with van der Waals surface area (Å²) in [6, 6.07) is 0. The summed E-state index contributed by atoms with van der Waals surface area (Å²) in [5.74, 6) is 1.18. The van der Waals surface area contributed by atoms with E-state index < -0.39 is 0 Å². The van der Waals surface area contributed by atoms with Gasteiger partial charge in [-0.2, -0.15) is 0 Å². The van der Waals surface area contributed by atoms with Crippen LogP contribution in [0.5, 0.6) is 0 Å². The standard InChI is InChI=1S/C8H13NO2.C7H12O.2C6H11NO.BrH.Mg/c1-7(10)9-6-4-2-3-5-8(9)11;1-7-5-3-2-4-6-8-7;2*8-6-4-2-1-3-5-7-6;;/h2-6H2,1H3;1-6H2;2*1-5H2,(H,7,8);1H;/q;;;;;+2/p-2. The maximum absolute atomic E-state index is 11.2. The first-order chi connectivity index (χ1) is 16.9. The van der Waals surface area contributed by atoms with Gasteiger partial charge in [0.2, 0.25) is 17.7 Å². The molecule has 4 saturated heterocycles. The van der Waals surface area contributed by atoms with Crippen molar-refractivity contribution in [1.82, 2.24) is 10.2 Å². The van der Waals surface area contributed by atoms with Gasteiger partial charge < -0.3 is 37.1 Å². The van der Waals surface area contributed by atoms with Crippen molar-refractivity contribution in [3.63, 3.8) is 0 Å². The molecule has 0 aromatic rings. The number of likely N-dealkylation sites (tertiary alicyclic amines) is 1. The van der Waals surface area contributed by atoms with Crippen LogP contribution < -0.4 is 22.3 Å². The Hall–Kier alpha value is -1.13. The number of rotatable bonds is 0. The number of amides is 4. The number of carbonyl (C=O) groups is 4. The van der Waals surface area contributed by atoms with Crippen LogP contribution in [0.2, 0.25) is 0 Å². The molecule has 1 N–H and O–H groups in total. The predicted octanol–water partition coefficient (Wildman–Crippen LogP) is 1.79. The third-order valence-electron chi connectivity index (χ3n) is 6.10. The molecule has 0 unspecified atom stereocenters. The number of imide groups is 1. The van der Waals surface area contributed by atoms with Gasteiger partial charge in [0.15, 0.2) is 0 Å². The number of ether oxygens (including phenoxy) is 1. The Bertz CT molecular complexity index is 591. The fourth-order valence-corrected chi connectivity index (χ4v) is 3.96. The summed E-state index contributed by atoms with van der Waals surface area (Å²) < 4.78 is 5.21. The number of carbonyl (C=O) groups excluding carboxylic acids is 4. The maximum atomic E-state index is 11.2. The van der Waals surface area contributed by atoms with Gasteiger partial charge in [0, 0.05) is 39.3 Å². The van der Waals surface area contributed by atoms with E-state index in [9.17, 15) is 19.2 Å². The largest absolute Gasteiger partial charge is 2.00 e. The van der Waals surface area contributed by atoms with Crippen LogP contribution in [0.15, 0.2) is 12.3 Å². The molecule has 0 bridgehead atoms. The molecule has 37 heavy (non-hydrogen) atoms. The molecule has 4 heterocycles. The Kier molecular flexibility index (Phi) is 25.9. The minimum absolute atomic E-state index is 0. The molecule has 208 valence electrons. The van der Waals surface area contributed by atoms with E-state index in [4.69, 9.17) is 4.74 Å². The first kappa shape index (κ1) is 38.0. The molecular weight excluding hydrogens is 551 g/mol. The summed E-state index contributed by atoms with van der Waals surface area (Å²) in [6.45, 7) is 8.36. The molecule has 0 atom stereocenters. The molecule has 0 aliphatic carbocycles. The average molecular weight is 597 g/mol. The molecule has 0 saturated carbocycles. The first-order valence-corrected chi connectivity index (χ1v) is 13.5. The summed E-state index contributed by atoms with van der Waals surface area (Å²) >= 11 is 0. The zero-order valence-electron chi connectivity index (χ0n) is 22.9. The Labute approximate surface area is 250 Å². The number of allylic oxidation sites excluding steroid dienone is 1. The third kappa shape index (κ3) is 21.5. The van der Waals surface area contributed by atoms with E-state index in [1.54, 1.807) is 0 Å². The molecule has 0 aromatic heterocycles. The molecule has 0 spiro atoms. The van der Waals surface area contributed by atoms with E-state index in [1.807, 2.05) is 0 Å². The fraction of sp³-hybridized carbons (Fsp3) is 0.778. The van der Waals surface area contributed by atoms with Crippen LogP contribution in [0, 0.1) is 0 Å². The zero-order valence-corrected chi connectivity index (χ0v) is 25.9. The second kappa shape index (κ2) is 25.2. The van der Waals surface area contributed by atoms with E-state index in [-0.39, 0.29) is 63.7 Å². The number of hydrogen-bond acceptors (Lipinski definition) is 5. The van der Waals surface area contributed by atoms with Gasteiger partial charge in [0.1, 0.15) is 0 Å². The quantitative estimate of drug-likeness (QED) is 0.429. The first-order valence-electron chi connectivity index (χ1n) is 13.5. The molecule has 4 aliphatic rings. The van der Waals surface area contributed by atoms with Crippen LogP contribution in [-0.2, 0) is 23.9 Å². The maximum Gasteiger partial charge on any atom is 2.00 e. The van der Waals surface area contributed by atoms with Crippen molar-refractivity contribution in [3.05, 3.63) is 17.7 Å². The van der Waals surface area contributed by atoms with Crippen molar-refractivity contribution in [2.45, 2.75) is 110 Å². The fourth-order valence-electron chi connectivity index (χ4n) is 3.96. The molecule has 0 radical (unpaired) electrons. The molecule has 0 aromatic carbocycles. The van der Waals surface area contributed by atoms with Gasteiger partial charge in [-0.05, 0) is 57.8 Å². The molecule has 4 aliphatic heterocycles. The Morgan fingerprint density at radius 3 is 2.22 bits per heavy atom. The van der Waals surface area contributed by atoms with Gasteiger partial charge in [-0.25, -0.2) is 0 Å². The molecule has 10 heteroatoms. The summed E-state index contributed by atoms with van der Waals surface area (Å²) in [5.41, 5.74) is 0. The minimum atomic E-state index is -0.114. The van der Waals surface area contributed by atoms with Crippen LogP contribution in [-0.4, -0.2) is 77.8 Å². The van der Waals surface area contributed by atoms with Crippen molar-refractivity contribution in [3.8, 4) is 0 Å². The van der Waals surface area contributed by atoms with E-state index >= 15 is 0 Å². The SMILES string of the molecule is C=C1CCCCCO1.CC(=O)N1CCCCCC1=O.O=C1CCCCCN1.O=C1CCCCC[N-]1.[Br-].[Mg+2]. The van der Waals surface area contributed by atoms with Gasteiger partial charge in [0.25, 0.3) is 0 Å². The van der Waals surface area contributed by atoms with Gasteiger partial charge in [-0.3, -0.25) is 19.3 Å². The topological polar surface area (TPSA) is 107 Å². The van der Waals surface area contributed by atoms with Crippen LogP contribution in [0.3, 0.4) is 0 Å². The van der Waals surface area contributed by atoms with E-state index in [2.05, 4.69) is 17.2 Å². The molecular formula is C27H46BrMgN3O5. The summed E-state index contributed by atoms with van der Waals surface area (Å²) in [4.78, 5) is 44.5. The van der Waals surface area contributed by atoms with Crippen LogP contribution in [0.25, 0.3) is 5.32 Å². The van der Waals surface area contributed by atoms with Crippen molar-refractivity contribution in [1.29, 1.82) is 0 Å². The molecule has 4 rings (SSSR count). The van der Waals surface area contributed by atoms with E-state index in [0.717, 1.165) is 83.2 Å². The van der Waals surface area contributed by atoms with Crippen molar-refractivity contribution in [2.24, 2.45) is 0 Å². The zero-order chi connectivity index (χ0) is 25.7. The van der Waals surface area contributed by atoms with Gasteiger partial charge >= 0.3 is 23.1 Å². The Morgan fingerprint density at radius 2 is 1.46 bits per heavy atom. The number of nitrogens with one attached hydrogen (secondary N) is 1. The molecule has 4 fully saturated rings. The van der Waals surface area contributed by atoms with Gasteiger partial charge in [0.05, 0.1) is 18.3 Å². The second-order valence-electron chi connectivity index (χ2n) is 9.32. The second-order valence-corrected chi connectivity index (χ2v) is 9.32. The van der Waals surface area contributed by atoms with Crippen LogP contribution in [0.4, 0.5) is 0 Å². The minimum Gasteiger partial charge on any atom is -1.00 e. The van der Waals surface area contributed by atoms with Crippen LogP contribution >= 0.6 is 0 Å². The van der Waals surface area contributed by atoms with Crippen molar-refractivity contribution in [2.75, 3.05) is 26.2 Å². The Morgan fingerprint density at radius 1 is 0.838 bits per heavy atom. The summed E-state index contributed by atoms with van der Waals surface area (Å²) in [6.07, 6.45) is 16.5. The number of hydrogen-bond donors (Lipinski definition) is 1.